The summed E-state index contributed by atoms with van der Waals surface area (Å²) in [5.41, 5.74) is 0.496. The first-order chi connectivity index (χ1) is 8.63. The van der Waals surface area contributed by atoms with E-state index < -0.39 is 0 Å². The molecule has 0 aliphatic heterocycles. The van der Waals surface area contributed by atoms with Crippen LogP contribution in [0.15, 0.2) is 22.7 Å². The lowest BCUT2D eigenvalue weighted by Crippen LogP contribution is -2.34. The fourth-order valence-electron chi connectivity index (χ4n) is 1.82. The minimum atomic E-state index is -0.0842. The molecule has 5 heteroatoms. The maximum absolute atomic E-state index is 12.4. The Morgan fingerprint density at radius 3 is 2.89 bits per heavy atom. The van der Waals surface area contributed by atoms with Crippen LogP contribution in [-0.2, 0) is 0 Å². The standard InChI is InChI=1S/C13H12BrClN2O/c14-9-2-5-12(15)11(8-9)13(18)17(7-1-6-16)10-3-4-10/h2,5,8,10H,1,3-4,7H2. The molecule has 2 rings (SSSR count). The molecule has 3 nitrogen and oxygen atoms in total. The predicted molar refractivity (Wildman–Crippen MR) is 73.4 cm³/mol. The van der Waals surface area contributed by atoms with Gasteiger partial charge in [0, 0.05) is 17.1 Å². The van der Waals surface area contributed by atoms with E-state index in [1.54, 1.807) is 23.1 Å². The largest absolute Gasteiger partial charge is 0.335 e. The zero-order valence-electron chi connectivity index (χ0n) is 9.70. The monoisotopic (exact) mass is 326 g/mol. The SMILES string of the molecule is N#CCCN(C(=O)c1cc(Br)ccc1Cl)C1CC1. The summed E-state index contributed by atoms with van der Waals surface area (Å²) in [4.78, 5) is 14.2. The maximum Gasteiger partial charge on any atom is 0.255 e. The number of carbonyl (C=O) groups is 1. The lowest BCUT2D eigenvalue weighted by molar-refractivity contribution is 0.0747. The Hall–Kier alpha value is -1.05. The van der Waals surface area contributed by atoms with Crippen LogP contribution in [0.3, 0.4) is 0 Å². The normalized spacial score (nSPS) is 14.1. The van der Waals surface area contributed by atoms with Gasteiger partial charge in [0.05, 0.1) is 23.1 Å². The van der Waals surface area contributed by atoms with Gasteiger partial charge >= 0.3 is 0 Å². The Balaban J connectivity index is 2.22. The van der Waals surface area contributed by atoms with Crippen LogP contribution < -0.4 is 0 Å². The van der Waals surface area contributed by atoms with Crippen LogP contribution in [0.1, 0.15) is 29.6 Å². The van der Waals surface area contributed by atoms with Crippen LogP contribution in [0.4, 0.5) is 0 Å². The molecule has 0 heterocycles. The first-order valence-electron chi connectivity index (χ1n) is 5.76. The zero-order chi connectivity index (χ0) is 13.1. The highest BCUT2D eigenvalue weighted by atomic mass is 79.9. The minimum absolute atomic E-state index is 0.0842. The molecule has 0 saturated heterocycles. The Morgan fingerprint density at radius 1 is 1.56 bits per heavy atom. The molecule has 1 saturated carbocycles. The Labute approximate surface area is 119 Å². The van der Waals surface area contributed by atoms with Gasteiger partial charge in [-0.15, -0.1) is 0 Å². The van der Waals surface area contributed by atoms with Crippen LogP contribution >= 0.6 is 27.5 Å². The molecule has 1 aromatic carbocycles. The molecule has 18 heavy (non-hydrogen) atoms. The molecule has 0 bridgehead atoms. The lowest BCUT2D eigenvalue weighted by Gasteiger charge is -2.21. The maximum atomic E-state index is 12.4. The van der Waals surface area contributed by atoms with E-state index >= 15 is 0 Å². The van der Waals surface area contributed by atoms with Crippen molar-refractivity contribution in [1.29, 1.82) is 5.26 Å². The van der Waals surface area contributed by atoms with Crippen molar-refractivity contribution in [3.05, 3.63) is 33.3 Å². The topological polar surface area (TPSA) is 44.1 Å². The number of hydrogen-bond acceptors (Lipinski definition) is 2. The number of carbonyl (C=O) groups excluding carboxylic acids is 1. The molecule has 0 N–H and O–H groups in total. The molecule has 0 aromatic heterocycles. The van der Waals surface area contributed by atoms with Gasteiger partial charge in [-0.2, -0.15) is 5.26 Å². The molecule has 1 fully saturated rings. The smallest absolute Gasteiger partial charge is 0.255 e. The molecular formula is C13H12BrClN2O. The molecule has 1 amide bonds. The summed E-state index contributed by atoms with van der Waals surface area (Å²) in [5.74, 6) is -0.0842. The van der Waals surface area contributed by atoms with E-state index in [2.05, 4.69) is 22.0 Å². The fraction of sp³-hybridized carbons (Fsp3) is 0.385. The van der Waals surface area contributed by atoms with E-state index in [9.17, 15) is 4.79 Å². The van der Waals surface area contributed by atoms with Gasteiger partial charge < -0.3 is 4.90 Å². The van der Waals surface area contributed by atoms with E-state index in [-0.39, 0.29) is 11.9 Å². The van der Waals surface area contributed by atoms with Gasteiger partial charge in [0.2, 0.25) is 0 Å². The Morgan fingerprint density at radius 2 is 2.28 bits per heavy atom. The number of amides is 1. The second-order valence-electron chi connectivity index (χ2n) is 4.26. The van der Waals surface area contributed by atoms with Crippen LogP contribution in [-0.4, -0.2) is 23.4 Å². The highest BCUT2D eigenvalue weighted by molar-refractivity contribution is 9.10. The van der Waals surface area contributed by atoms with Crippen molar-refractivity contribution in [2.24, 2.45) is 0 Å². The summed E-state index contributed by atoms with van der Waals surface area (Å²) >= 11 is 9.40. The van der Waals surface area contributed by atoms with Crippen LogP contribution in [0.5, 0.6) is 0 Å². The quantitative estimate of drug-likeness (QED) is 0.847. The number of nitrogens with zero attached hydrogens (tertiary/aromatic N) is 2. The van der Waals surface area contributed by atoms with Gasteiger partial charge in [-0.1, -0.05) is 27.5 Å². The Bertz CT molecular complexity index is 508. The van der Waals surface area contributed by atoms with E-state index in [1.165, 1.54) is 0 Å². The van der Waals surface area contributed by atoms with E-state index in [0.717, 1.165) is 17.3 Å². The fourth-order valence-corrected chi connectivity index (χ4v) is 2.38. The van der Waals surface area contributed by atoms with Crippen molar-refractivity contribution in [2.75, 3.05) is 6.54 Å². The number of hydrogen-bond donors (Lipinski definition) is 0. The predicted octanol–water partition coefficient (Wildman–Crippen LogP) is 3.62. The number of benzene rings is 1. The van der Waals surface area contributed by atoms with Gasteiger partial charge in [0.1, 0.15) is 0 Å². The van der Waals surface area contributed by atoms with Gasteiger partial charge in [-0.25, -0.2) is 0 Å². The number of rotatable bonds is 4. The van der Waals surface area contributed by atoms with Gasteiger partial charge in [-0.05, 0) is 31.0 Å². The second-order valence-corrected chi connectivity index (χ2v) is 5.58. The summed E-state index contributed by atoms with van der Waals surface area (Å²) in [6.45, 7) is 0.475. The van der Waals surface area contributed by atoms with Gasteiger partial charge in [-0.3, -0.25) is 4.79 Å². The minimum Gasteiger partial charge on any atom is -0.335 e. The summed E-state index contributed by atoms with van der Waals surface area (Å²) in [6.07, 6.45) is 2.39. The van der Waals surface area contributed by atoms with Crippen molar-refractivity contribution in [3.63, 3.8) is 0 Å². The molecule has 94 valence electrons. The van der Waals surface area contributed by atoms with E-state index in [4.69, 9.17) is 16.9 Å². The summed E-state index contributed by atoms with van der Waals surface area (Å²) < 4.78 is 0.825. The van der Waals surface area contributed by atoms with Gasteiger partial charge in [0.15, 0.2) is 0 Å². The van der Waals surface area contributed by atoms with Crippen LogP contribution in [0.25, 0.3) is 0 Å². The molecule has 0 unspecified atom stereocenters. The second kappa shape index (κ2) is 5.73. The average Bonchev–Trinajstić information content (AvgIpc) is 3.17. The molecule has 1 aliphatic rings. The highest BCUT2D eigenvalue weighted by Crippen LogP contribution is 2.30. The lowest BCUT2D eigenvalue weighted by atomic mass is 10.2. The number of halogens is 2. The Kier molecular flexibility index (Phi) is 4.26. The molecule has 0 radical (unpaired) electrons. The third kappa shape index (κ3) is 3.04. The first kappa shape index (κ1) is 13.4. The van der Waals surface area contributed by atoms with Crippen molar-refractivity contribution in [2.45, 2.75) is 25.3 Å². The molecule has 0 atom stereocenters. The van der Waals surface area contributed by atoms with Crippen molar-refractivity contribution < 1.29 is 4.79 Å². The average molecular weight is 328 g/mol. The van der Waals surface area contributed by atoms with E-state index in [0.29, 0.717) is 23.6 Å². The summed E-state index contributed by atoms with van der Waals surface area (Å²) in [6, 6.07) is 7.59. The molecule has 1 aliphatic carbocycles. The third-order valence-electron chi connectivity index (χ3n) is 2.87. The van der Waals surface area contributed by atoms with Gasteiger partial charge in [0.25, 0.3) is 5.91 Å². The van der Waals surface area contributed by atoms with Crippen LogP contribution in [0.2, 0.25) is 5.02 Å². The first-order valence-corrected chi connectivity index (χ1v) is 6.93. The molecular weight excluding hydrogens is 316 g/mol. The summed E-state index contributed by atoms with van der Waals surface area (Å²) in [5, 5.41) is 9.10. The van der Waals surface area contributed by atoms with E-state index in [1.807, 2.05) is 0 Å². The third-order valence-corrected chi connectivity index (χ3v) is 3.69. The number of nitriles is 1. The van der Waals surface area contributed by atoms with Crippen molar-refractivity contribution >= 4 is 33.4 Å². The molecule has 0 spiro atoms. The summed E-state index contributed by atoms with van der Waals surface area (Å²) in [7, 11) is 0. The molecule has 1 aromatic rings. The zero-order valence-corrected chi connectivity index (χ0v) is 12.0. The van der Waals surface area contributed by atoms with Crippen LogP contribution in [0, 0.1) is 11.3 Å². The van der Waals surface area contributed by atoms with Crippen molar-refractivity contribution in [1.82, 2.24) is 4.90 Å². The van der Waals surface area contributed by atoms with Crippen molar-refractivity contribution in [3.8, 4) is 6.07 Å². The highest BCUT2D eigenvalue weighted by Gasteiger charge is 2.33.